The van der Waals surface area contributed by atoms with Crippen molar-refractivity contribution in [3.8, 4) is 0 Å². The Labute approximate surface area is 103 Å². The van der Waals surface area contributed by atoms with Gasteiger partial charge in [-0.25, -0.2) is 0 Å². The highest BCUT2D eigenvalue weighted by atomic mass is 16.5. The van der Waals surface area contributed by atoms with Crippen LogP contribution in [0.5, 0.6) is 0 Å². The third-order valence-corrected chi connectivity index (χ3v) is 3.72. The highest BCUT2D eigenvalue weighted by molar-refractivity contribution is 6.00. The molecule has 1 aliphatic heterocycles. The monoisotopic (exact) mass is 238 g/mol. The van der Waals surface area contributed by atoms with Crippen LogP contribution in [0.25, 0.3) is 0 Å². The standard InChI is InChI=1S/C14H22O3/c1-3-17-14(8-4-6-11(2)10-14)13(15)12-7-5-9-16-12/h7,11H,3-6,8-10H2,1-2H3. The van der Waals surface area contributed by atoms with Crippen LogP contribution < -0.4 is 0 Å². The largest absolute Gasteiger partial charge is 0.490 e. The van der Waals surface area contributed by atoms with E-state index in [1.54, 1.807) is 0 Å². The molecule has 3 heteroatoms. The molecule has 0 aromatic heterocycles. The lowest BCUT2D eigenvalue weighted by atomic mass is 9.76. The lowest BCUT2D eigenvalue weighted by molar-refractivity contribution is -0.150. The lowest BCUT2D eigenvalue weighted by Gasteiger charge is -2.38. The maximum absolute atomic E-state index is 12.5. The summed E-state index contributed by atoms with van der Waals surface area (Å²) in [5.41, 5.74) is -0.609. The third kappa shape index (κ3) is 2.54. The molecule has 3 nitrogen and oxygen atoms in total. The van der Waals surface area contributed by atoms with Crippen LogP contribution in [0.2, 0.25) is 0 Å². The van der Waals surface area contributed by atoms with Gasteiger partial charge in [0.1, 0.15) is 5.60 Å². The lowest BCUT2D eigenvalue weighted by Crippen LogP contribution is -2.46. The molecule has 0 N–H and O–H groups in total. The second kappa shape index (κ2) is 5.21. The van der Waals surface area contributed by atoms with E-state index in [1.807, 2.05) is 13.0 Å². The Hall–Kier alpha value is -0.830. The Morgan fingerprint density at radius 3 is 3.06 bits per heavy atom. The van der Waals surface area contributed by atoms with Crippen molar-refractivity contribution in [1.29, 1.82) is 0 Å². The van der Waals surface area contributed by atoms with E-state index in [2.05, 4.69) is 6.92 Å². The second-order valence-corrected chi connectivity index (χ2v) is 5.16. The SMILES string of the molecule is CCOC1(C(=O)C2=CCCO2)CCCC(C)C1. The van der Waals surface area contributed by atoms with E-state index >= 15 is 0 Å². The molecule has 0 bridgehead atoms. The Bertz CT molecular complexity index is 317. The van der Waals surface area contributed by atoms with Crippen molar-refractivity contribution in [2.75, 3.05) is 13.2 Å². The summed E-state index contributed by atoms with van der Waals surface area (Å²) in [6.07, 6.45) is 6.69. The molecule has 0 saturated heterocycles. The van der Waals surface area contributed by atoms with Crippen molar-refractivity contribution < 1.29 is 14.3 Å². The van der Waals surface area contributed by atoms with Gasteiger partial charge in [0.25, 0.3) is 0 Å². The molecule has 0 radical (unpaired) electrons. The van der Waals surface area contributed by atoms with Crippen molar-refractivity contribution >= 4 is 5.78 Å². The number of ketones is 1. The summed E-state index contributed by atoms with van der Waals surface area (Å²) in [5, 5.41) is 0. The van der Waals surface area contributed by atoms with E-state index < -0.39 is 5.60 Å². The molecule has 0 aromatic rings. The van der Waals surface area contributed by atoms with E-state index in [0.29, 0.717) is 24.9 Å². The Kier molecular flexibility index (Phi) is 3.87. The fraction of sp³-hybridized carbons (Fsp3) is 0.786. The van der Waals surface area contributed by atoms with Crippen LogP contribution in [0.1, 0.15) is 46.0 Å². The highest BCUT2D eigenvalue weighted by Gasteiger charge is 2.44. The van der Waals surface area contributed by atoms with Gasteiger partial charge in [0.2, 0.25) is 5.78 Å². The fourth-order valence-electron chi connectivity index (χ4n) is 2.98. The minimum absolute atomic E-state index is 0.0726. The van der Waals surface area contributed by atoms with Crippen molar-refractivity contribution in [2.45, 2.75) is 51.6 Å². The van der Waals surface area contributed by atoms with Gasteiger partial charge in [-0.1, -0.05) is 13.3 Å². The number of hydrogen-bond acceptors (Lipinski definition) is 3. The van der Waals surface area contributed by atoms with Crippen LogP contribution in [-0.2, 0) is 14.3 Å². The molecule has 0 spiro atoms. The first-order chi connectivity index (χ1) is 8.18. The summed E-state index contributed by atoms with van der Waals surface area (Å²) >= 11 is 0. The number of hydrogen-bond donors (Lipinski definition) is 0. The van der Waals surface area contributed by atoms with Gasteiger partial charge in [0, 0.05) is 13.0 Å². The van der Waals surface area contributed by atoms with Crippen LogP contribution in [0.15, 0.2) is 11.8 Å². The molecular formula is C14H22O3. The molecule has 2 unspecified atom stereocenters. The third-order valence-electron chi connectivity index (χ3n) is 3.72. The Balaban J connectivity index is 2.17. The van der Waals surface area contributed by atoms with Crippen molar-refractivity contribution in [1.82, 2.24) is 0 Å². The number of carbonyl (C=O) groups is 1. The minimum atomic E-state index is -0.609. The number of ether oxygens (including phenoxy) is 2. The zero-order valence-corrected chi connectivity index (χ0v) is 10.8. The predicted molar refractivity (Wildman–Crippen MR) is 65.6 cm³/mol. The van der Waals surface area contributed by atoms with Crippen LogP contribution in [-0.4, -0.2) is 24.6 Å². The summed E-state index contributed by atoms with van der Waals surface area (Å²) in [5.74, 6) is 1.16. The van der Waals surface area contributed by atoms with Gasteiger partial charge in [0.05, 0.1) is 6.61 Å². The molecule has 1 fully saturated rings. The van der Waals surface area contributed by atoms with Gasteiger partial charge >= 0.3 is 0 Å². The smallest absolute Gasteiger partial charge is 0.228 e. The number of carbonyl (C=O) groups excluding carboxylic acids is 1. The van der Waals surface area contributed by atoms with Crippen LogP contribution >= 0.6 is 0 Å². The molecule has 0 amide bonds. The maximum Gasteiger partial charge on any atom is 0.228 e. The van der Waals surface area contributed by atoms with Crippen molar-refractivity contribution in [3.63, 3.8) is 0 Å². The molecule has 2 aliphatic rings. The van der Waals surface area contributed by atoms with E-state index in [1.165, 1.54) is 6.42 Å². The zero-order chi connectivity index (χ0) is 12.3. The van der Waals surface area contributed by atoms with Gasteiger partial charge in [-0.15, -0.1) is 0 Å². The van der Waals surface area contributed by atoms with Crippen LogP contribution in [0.4, 0.5) is 0 Å². The summed E-state index contributed by atoms with van der Waals surface area (Å²) in [7, 11) is 0. The van der Waals surface area contributed by atoms with Gasteiger partial charge in [-0.3, -0.25) is 4.79 Å². The maximum atomic E-state index is 12.5. The Morgan fingerprint density at radius 1 is 1.65 bits per heavy atom. The topological polar surface area (TPSA) is 35.5 Å². The number of rotatable bonds is 4. The molecular weight excluding hydrogens is 216 g/mol. The minimum Gasteiger partial charge on any atom is -0.490 e. The normalized spacial score (nSPS) is 33.1. The van der Waals surface area contributed by atoms with E-state index in [9.17, 15) is 4.79 Å². The van der Waals surface area contributed by atoms with E-state index in [0.717, 1.165) is 25.7 Å². The molecule has 0 aromatic carbocycles. The first-order valence-electron chi connectivity index (χ1n) is 6.69. The quantitative estimate of drug-likeness (QED) is 0.755. The van der Waals surface area contributed by atoms with E-state index in [-0.39, 0.29) is 5.78 Å². The average molecular weight is 238 g/mol. The molecule has 1 heterocycles. The first-order valence-corrected chi connectivity index (χ1v) is 6.69. The molecule has 96 valence electrons. The fourth-order valence-corrected chi connectivity index (χ4v) is 2.98. The summed E-state index contributed by atoms with van der Waals surface area (Å²) in [6.45, 7) is 5.38. The number of Topliss-reactive ketones (excluding diaryl/α,β-unsaturated/α-hetero) is 1. The molecule has 1 saturated carbocycles. The molecule has 2 atom stereocenters. The zero-order valence-electron chi connectivity index (χ0n) is 10.8. The molecule has 17 heavy (non-hydrogen) atoms. The summed E-state index contributed by atoms with van der Waals surface area (Å²) in [4.78, 5) is 12.5. The first kappa shape index (κ1) is 12.6. The molecule has 2 rings (SSSR count). The van der Waals surface area contributed by atoms with Gasteiger partial charge in [-0.2, -0.15) is 0 Å². The van der Waals surface area contributed by atoms with Gasteiger partial charge in [0.15, 0.2) is 5.76 Å². The van der Waals surface area contributed by atoms with Gasteiger partial charge < -0.3 is 9.47 Å². The predicted octanol–water partition coefficient (Wildman–Crippen LogP) is 2.85. The van der Waals surface area contributed by atoms with Crippen molar-refractivity contribution in [2.24, 2.45) is 5.92 Å². The second-order valence-electron chi connectivity index (χ2n) is 5.16. The highest BCUT2D eigenvalue weighted by Crippen LogP contribution is 2.38. The van der Waals surface area contributed by atoms with Crippen LogP contribution in [0, 0.1) is 5.92 Å². The van der Waals surface area contributed by atoms with E-state index in [4.69, 9.17) is 9.47 Å². The molecule has 1 aliphatic carbocycles. The van der Waals surface area contributed by atoms with Gasteiger partial charge in [-0.05, 0) is 38.2 Å². The Morgan fingerprint density at radius 2 is 2.47 bits per heavy atom. The summed E-state index contributed by atoms with van der Waals surface area (Å²) < 4.78 is 11.3. The van der Waals surface area contributed by atoms with Crippen molar-refractivity contribution in [3.05, 3.63) is 11.8 Å². The summed E-state index contributed by atoms with van der Waals surface area (Å²) in [6, 6.07) is 0. The average Bonchev–Trinajstić information content (AvgIpc) is 2.81. The van der Waals surface area contributed by atoms with Crippen LogP contribution in [0.3, 0.4) is 0 Å².